The smallest absolute Gasteiger partial charge is 0.199 e. The first-order chi connectivity index (χ1) is 7.33. The Morgan fingerprint density at radius 1 is 1.27 bits per heavy atom. The lowest BCUT2D eigenvalue weighted by Gasteiger charge is -2.23. The maximum absolute atomic E-state index is 13.8. The fourth-order valence-corrected chi connectivity index (χ4v) is 1.57. The van der Waals surface area contributed by atoms with Gasteiger partial charge < -0.3 is 10.0 Å². The molecule has 1 aromatic carbocycles. The van der Waals surface area contributed by atoms with Gasteiger partial charge in [-0.25, -0.2) is 0 Å². The van der Waals surface area contributed by atoms with E-state index in [1.807, 2.05) is 36.4 Å². The third-order valence-corrected chi connectivity index (χ3v) is 2.37. The number of hydrogen-bond acceptors (Lipinski definition) is 2. The van der Waals surface area contributed by atoms with Gasteiger partial charge in [0.05, 0.1) is 0 Å². The van der Waals surface area contributed by atoms with Gasteiger partial charge in [-0.15, -0.1) is 0 Å². The van der Waals surface area contributed by atoms with E-state index in [0.29, 0.717) is 12.1 Å². The van der Waals surface area contributed by atoms with E-state index in [0.717, 1.165) is 5.56 Å². The Labute approximate surface area is 88.0 Å². The van der Waals surface area contributed by atoms with Crippen molar-refractivity contribution in [1.82, 2.24) is 4.90 Å². The summed E-state index contributed by atoms with van der Waals surface area (Å²) in [5.41, 5.74) is 1.35. The Hall–Kier alpha value is -1.61. The number of nitrogens with zero attached hydrogens (tertiary/aromatic N) is 1. The average molecular weight is 205 g/mol. The molecule has 2 rings (SSSR count). The van der Waals surface area contributed by atoms with Crippen LogP contribution in [0.15, 0.2) is 48.4 Å². The molecule has 0 spiro atoms. The number of rotatable bonds is 2. The van der Waals surface area contributed by atoms with E-state index in [1.165, 1.54) is 4.90 Å². The molecule has 0 amide bonds. The molecule has 0 bridgehead atoms. The number of halogens is 1. The van der Waals surface area contributed by atoms with Gasteiger partial charge in [0.15, 0.2) is 5.95 Å². The molecular weight excluding hydrogens is 193 g/mol. The monoisotopic (exact) mass is 205 g/mol. The van der Waals surface area contributed by atoms with Crippen molar-refractivity contribution in [2.24, 2.45) is 0 Å². The summed E-state index contributed by atoms with van der Waals surface area (Å²) in [6.45, 7) is 0.116. The lowest BCUT2D eigenvalue weighted by Crippen LogP contribution is -2.25. The molecule has 78 valence electrons. The van der Waals surface area contributed by atoms with E-state index in [2.05, 4.69) is 0 Å². The molecule has 0 unspecified atom stereocenters. The van der Waals surface area contributed by atoms with Crippen LogP contribution in [0.2, 0.25) is 0 Å². The van der Waals surface area contributed by atoms with Crippen molar-refractivity contribution in [3.05, 3.63) is 54.0 Å². The molecule has 2 nitrogen and oxygen atoms in total. The summed E-state index contributed by atoms with van der Waals surface area (Å²) in [7, 11) is 0. The molecule has 1 N–H and O–H groups in total. The zero-order valence-corrected chi connectivity index (χ0v) is 8.23. The Balaban J connectivity index is 2.40. The van der Waals surface area contributed by atoms with Crippen molar-refractivity contribution in [1.29, 1.82) is 0 Å². The van der Waals surface area contributed by atoms with E-state index in [4.69, 9.17) is 5.11 Å². The highest BCUT2D eigenvalue weighted by molar-refractivity contribution is 5.76. The molecule has 0 saturated carbocycles. The lowest BCUT2D eigenvalue weighted by molar-refractivity contribution is 0.124. The van der Waals surface area contributed by atoms with Crippen molar-refractivity contribution in [3.8, 4) is 0 Å². The largest absolute Gasteiger partial charge is 0.376 e. The molecular formula is C12H12FNO. The van der Waals surface area contributed by atoms with Crippen molar-refractivity contribution in [2.75, 3.05) is 13.3 Å². The van der Waals surface area contributed by atoms with Gasteiger partial charge in [0.1, 0.15) is 6.73 Å². The molecule has 1 aromatic rings. The average Bonchev–Trinajstić information content (AvgIpc) is 2.30. The van der Waals surface area contributed by atoms with Gasteiger partial charge in [-0.3, -0.25) is 0 Å². The van der Waals surface area contributed by atoms with Gasteiger partial charge in [-0.05, 0) is 5.56 Å². The van der Waals surface area contributed by atoms with Crippen molar-refractivity contribution in [2.45, 2.75) is 0 Å². The highest BCUT2D eigenvalue weighted by Gasteiger charge is 2.16. The predicted octanol–water partition coefficient (Wildman–Crippen LogP) is 2.15. The first-order valence-electron chi connectivity index (χ1n) is 4.80. The van der Waals surface area contributed by atoms with Crippen LogP contribution in [-0.4, -0.2) is 23.3 Å². The molecule has 1 heterocycles. The molecule has 0 saturated heterocycles. The van der Waals surface area contributed by atoms with Crippen LogP contribution in [0.3, 0.4) is 0 Å². The fourth-order valence-electron chi connectivity index (χ4n) is 1.57. The van der Waals surface area contributed by atoms with Gasteiger partial charge in [-0.2, -0.15) is 4.39 Å². The second kappa shape index (κ2) is 4.28. The first kappa shape index (κ1) is 9.93. The number of hydrogen-bond donors (Lipinski definition) is 1. The topological polar surface area (TPSA) is 23.5 Å². The standard InChI is InChI=1S/C12H12FNO/c13-12-11(7-4-8-14(12)9-15)10-5-2-1-3-6-10/h1-7,15H,8-9H2. The highest BCUT2D eigenvalue weighted by Crippen LogP contribution is 2.26. The minimum atomic E-state index is -0.369. The molecule has 0 fully saturated rings. The molecule has 0 atom stereocenters. The van der Waals surface area contributed by atoms with Gasteiger partial charge >= 0.3 is 0 Å². The van der Waals surface area contributed by atoms with E-state index in [9.17, 15) is 4.39 Å². The van der Waals surface area contributed by atoms with Crippen molar-refractivity contribution < 1.29 is 9.50 Å². The molecule has 0 aliphatic carbocycles. The predicted molar refractivity (Wildman–Crippen MR) is 57.4 cm³/mol. The maximum atomic E-state index is 13.8. The third kappa shape index (κ3) is 1.92. The van der Waals surface area contributed by atoms with Crippen LogP contribution in [0.25, 0.3) is 5.57 Å². The van der Waals surface area contributed by atoms with Crippen LogP contribution in [0.1, 0.15) is 5.56 Å². The van der Waals surface area contributed by atoms with Crippen molar-refractivity contribution >= 4 is 5.57 Å². The van der Waals surface area contributed by atoms with Crippen LogP contribution in [-0.2, 0) is 0 Å². The minimum absolute atomic E-state index is 0.299. The summed E-state index contributed by atoms with van der Waals surface area (Å²) in [6.07, 6.45) is 3.58. The van der Waals surface area contributed by atoms with Gasteiger partial charge in [0.25, 0.3) is 0 Å². The highest BCUT2D eigenvalue weighted by atomic mass is 19.1. The third-order valence-electron chi connectivity index (χ3n) is 2.37. The van der Waals surface area contributed by atoms with Crippen LogP contribution < -0.4 is 0 Å². The molecule has 0 radical (unpaired) electrons. The molecule has 15 heavy (non-hydrogen) atoms. The quantitative estimate of drug-likeness (QED) is 0.748. The van der Waals surface area contributed by atoms with Crippen LogP contribution in [0.4, 0.5) is 4.39 Å². The number of aliphatic hydroxyl groups excluding tert-OH is 1. The number of aliphatic hydroxyl groups is 1. The number of benzene rings is 1. The van der Waals surface area contributed by atoms with Gasteiger partial charge in [0, 0.05) is 12.1 Å². The number of allylic oxidation sites excluding steroid dienone is 2. The fraction of sp³-hybridized carbons (Fsp3) is 0.167. The lowest BCUT2D eigenvalue weighted by atomic mass is 10.0. The van der Waals surface area contributed by atoms with E-state index in [1.54, 1.807) is 6.08 Å². The summed E-state index contributed by atoms with van der Waals surface area (Å²) in [5, 5.41) is 8.94. The zero-order valence-electron chi connectivity index (χ0n) is 8.23. The van der Waals surface area contributed by atoms with Crippen LogP contribution >= 0.6 is 0 Å². The molecule has 0 aromatic heterocycles. The Morgan fingerprint density at radius 2 is 2.00 bits per heavy atom. The summed E-state index contributed by atoms with van der Waals surface area (Å²) in [4.78, 5) is 1.28. The Bertz CT molecular complexity index is 397. The Morgan fingerprint density at radius 3 is 2.67 bits per heavy atom. The van der Waals surface area contributed by atoms with E-state index in [-0.39, 0.29) is 12.7 Å². The second-order valence-corrected chi connectivity index (χ2v) is 3.34. The van der Waals surface area contributed by atoms with Gasteiger partial charge in [-0.1, -0.05) is 42.5 Å². The van der Waals surface area contributed by atoms with Gasteiger partial charge in [0.2, 0.25) is 0 Å². The zero-order chi connectivity index (χ0) is 10.7. The van der Waals surface area contributed by atoms with Crippen LogP contribution in [0, 0.1) is 0 Å². The SMILES string of the molecule is OCN1CC=CC(c2ccccc2)=C1F. The summed E-state index contributed by atoms with van der Waals surface area (Å²) >= 11 is 0. The summed E-state index contributed by atoms with van der Waals surface area (Å²) in [5.74, 6) is -0.369. The van der Waals surface area contributed by atoms with Crippen LogP contribution in [0.5, 0.6) is 0 Å². The molecule has 1 aliphatic rings. The van der Waals surface area contributed by atoms with E-state index < -0.39 is 0 Å². The summed E-state index contributed by atoms with van der Waals surface area (Å²) in [6, 6.07) is 9.31. The second-order valence-electron chi connectivity index (χ2n) is 3.34. The molecule has 1 aliphatic heterocycles. The normalized spacial score (nSPS) is 16.0. The maximum Gasteiger partial charge on any atom is 0.199 e. The minimum Gasteiger partial charge on any atom is -0.376 e. The van der Waals surface area contributed by atoms with Crippen molar-refractivity contribution in [3.63, 3.8) is 0 Å². The first-order valence-corrected chi connectivity index (χ1v) is 4.80. The van der Waals surface area contributed by atoms with E-state index >= 15 is 0 Å². The Kier molecular flexibility index (Phi) is 2.83. The summed E-state index contributed by atoms with van der Waals surface area (Å²) < 4.78 is 13.8. The molecule has 3 heteroatoms.